The van der Waals surface area contributed by atoms with Gasteiger partial charge in [-0.2, -0.15) is 0 Å². The second kappa shape index (κ2) is 5.58. The average Bonchev–Trinajstić information content (AvgIpc) is 2.71. The third kappa shape index (κ3) is 3.67. The van der Waals surface area contributed by atoms with Gasteiger partial charge in [0.25, 0.3) is 0 Å². The minimum absolute atomic E-state index is 0.599. The number of aromatic amines is 1. The predicted octanol–water partition coefficient (Wildman–Crippen LogP) is 1.87. The van der Waals surface area contributed by atoms with E-state index in [9.17, 15) is 0 Å². The molecule has 3 N–H and O–H groups in total. The van der Waals surface area contributed by atoms with Gasteiger partial charge in [-0.25, -0.2) is 4.98 Å². The molecule has 0 saturated carbocycles. The third-order valence-corrected chi connectivity index (χ3v) is 2.83. The van der Waals surface area contributed by atoms with Crippen LogP contribution in [0.2, 0.25) is 0 Å². The van der Waals surface area contributed by atoms with Crippen molar-refractivity contribution in [1.29, 1.82) is 0 Å². The Balaban J connectivity index is 1.73. The van der Waals surface area contributed by atoms with Crippen molar-refractivity contribution < 1.29 is 4.74 Å². The molecule has 2 rings (SSSR count). The lowest BCUT2D eigenvalue weighted by molar-refractivity contribution is 0.344. The fourth-order valence-corrected chi connectivity index (χ4v) is 1.94. The Morgan fingerprint density at radius 1 is 1.47 bits per heavy atom. The van der Waals surface area contributed by atoms with E-state index in [4.69, 9.17) is 10.5 Å². The maximum absolute atomic E-state index is 5.65. The van der Waals surface area contributed by atoms with E-state index in [1.54, 1.807) is 11.8 Å². The van der Waals surface area contributed by atoms with Crippen molar-refractivity contribution in [2.45, 2.75) is 12.1 Å². The zero-order valence-corrected chi connectivity index (χ0v) is 10.3. The van der Waals surface area contributed by atoms with Crippen molar-refractivity contribution in [3.63, 3.8) is 0 Å². The summed E-state index contributed by atoms with van der Waals surface area (Å²) in [6, 6.07) is 7.40. The second-order valence-corrected chi connectivity index (χ2v) is 4.53. The molecule has 0 bridgehead atoms. The first kappa shape index (κ1) is 11.8. The van der Waals surface area contributed by atoms with Crippen LogP contribution in [0, 0.1) is 6.92 Å². The number of thioether (sulfide) groups is 1. The normalized spacial score (nSPS) is 10.4. The molecule has 1 heterocycles. The van der Waals surface area contributed by atoms with Crippen molar-refractivity contribution >= 4 is 17.4 Å². The lowest BCUT2D eigenvalue weighted by Gasteiger charge is -2.05. The zero-order valence-electron chi connectivity index (χ0n) is 9.51. The molecule has 0 saturated heterocycles. The second-order valence-electron chi connectivity index (χ2n) is 3.47. The SMILES string of the molecule is Cc1nc(SCCOc2cccc(N)c2)n[nH]1. The predicted molar refractivity (Wildman–Crippen MR) is 68.2 cm³/mol. The summed E-state index contributed by atoms with van der Waals surface area (Å²) in [4.78, 5) is 4.19. The lowest BCUT2D eigenvalue weighted by Crippen LogP contribution is -2.00. The molecule has 0 radical (unpaired) electrons. The minimum Gasteiger partial charge on any atom is -0.493 e. The van der Waals surface area contributed by atoms with Gasteiger partial charge in [-0.15, -0.1) is 5.10 Å². The molecule has 0 spiro atoms. The van der Waals surface area contributed by atoms with Crippen LogP contribution in [0.5, 0.6) is 5.75 Å². The largest absolute Gasteiger partial charge is 0.493 e. The van der Waals surface area contributed by atoms with E-state index in [0.29, 0.717) is 12.3 Å². The van der Waals surface area contributed by atoms with Crippen molar-refractivity contribution in [2.24, 2.45) is 0 Å². The fourth-order valence-electron chi connectivity index (χ4n) is 1.28. The van der Waals surface area contributed by atoms with Gasteiger partial charge in [-0.05, 0) is 19.1 Å². The standard InChI is InChI=1S/C11H14N4OS/c1-8-13-11(15-14-8)17-6-5-16-10-4-2-3-9(12)7-10/h2-4,7H,5-6,12H2,1H3,(H,13,14,15). The lowest BCUT2D eigenvalue weighted by atomic mass is 10.3. The number of aromatic nitrogens is 3. The Kier molecular flexibility index (Phi) is 3.87. The maximum atomic E-state index is 5.65. The molecule has 90 valence electrons. The fraction of sp³-hybridized carbons (Fsp3) is 0.273. The Hall–Kier alpha value is -1.69. The van der Waals surface area contributed by atoms with E-state index in [1.165, 1.54) is 0 Å². The van der Waals surface area contributed by atoms with Crippen LogP contribution in [0.1, 0.15) is 5.82 Å². The van der Waals surface area contributed by atoms with Gasteiger partial charge in [0.2, 0.25) is 5.16 Å². The molecule has 0 aliphatic carbocycles. The van der Waals surface area contributed by atoms with Gasteiger partial charge >= 0.3 is 0 Å². The number of nitrogens with two attached hydrogens (primary N) is 1. The summed E-state index contributed by atoms with van der Waals surface area (Å²) in [7, 11) is 0. The van der Waals surface area contributed by atoms with Gasteiger partial charge in [0.05, 0.1) is 6.61 Å². The first-order valence-corrected chi connectivity index (χ1v) is 6.23. The summed E-state index contributed by atoms with van der Waals surface area (Å²) in [5, 5.41) is 7.57. The van der Waals surface area contributed by atoms with Crippen LogP contribution in [-0.2, 0) is 0 Å². The molecule has 2 aromatic rings. The summed E-state index contributed by atoms with van der Waals surface area (Å²) in [6.07, 6.45) is 0. The first-order chi connectivity index (χ1) is 8.24. The Morgan fingerprint density at radius 2 is 2.35 bits per heavy atom. The Labute approximate surface area is 104 Å². The van der Waals surface area contributed by atoms with Crippen LogP contribution in [0.15, 0.2) is 29.4 Å². The van der Waals surface area contributed by atoms with Gasteiger partial charge in [-0.3, -0.25) is 5.10 Å². The van der Waals surface area contributed by atoms with E-state index in [0.717, 1.165) is 22.5 Å². The highest BCUT2D eigenvalue weighted by Gasteiger charge is 2.00. The van der Waals surface area contributed by atoms with E-state index in [-0.39, 0.29) is 0 Å². The maximum Gasteiger partial charge on any atom is 0.208 e. The van der Waals surface area contributed by atoms with Crippen molar-refractivity contribution in [1.82, 2.24) is 15.2 Å². The summed E-state index contributed by atoms with van der Waals surface area (Å²) < 4.78 is 5.55. The number of hydrogen-bond donors (Lipinski definition) is 2. The van der Waals surface area contributed by atoms with Crippen molar-refractivity contribution in [2.75, 3.05) is 18.1 Å². The molecule has 1 aromatic heterocycles. The molecular formula is C11H14N4OS. The van der Waals surface area contributed by atoms with Gasteiger partial charge in [-0.1, -0.05) is 17.8 Å². The molecule has 0 atom stereocenters. The number of nitrogens with one attached hydrogen (secondary N) is 1. The average molecular weight is 250 g/mol. The number of aryl methyl sites for hydroxylation is 1. The summed E-state index contributed by atoms with van der Waals surface area (Å²) in [6.45, 7) is 2.47. The highest BCUT2D eigenvalue weighted by Crippen LogP contribution is 2.16. The van der Waals surface area contributed by atoms with Crippen LogP contribution >= 0.6 is 11.8 Å². The van der Waals surface area contributed by atoms with E-state index in [1.807, 2.05) is 31.2 Å². The van der Waals surface area contributed by atoms with E-state index in [2.05, 4.69) is 15.2 Å². The minimum atomic E-state index is 0.599. The molecule has 1 aromatic carbocycles. The van der Waals surface area contributed by atoms with Crippen LogP contribution < -0.4 is 10.5 Å². The van der Waals surface area contributed by atoms with Crippen LogP contribution in [0.25, 0.3) is 0 Å². The van der Waals surface area contributed by atoms with E-state index < -0.39 is 0 Å². The monoisotopic (exact) mass is 250 g/mol. The number of nitrogens with zero attached hydrogens (tertiary/aromatic N) is 2. The van der Waals surface area contributed by atoms with Gasteiger partial charge < -0.3 is 10.5 Å². The summed E-state index contributed by atoms with van der Waals surface area (Å²) >= 11 is 1.55. The number of H-pyrrole nitrogens is 1. The number of ether oxygens (including phenoxy) is 1. The molecule has 0 amide bonds. The van der Waals surface area contributed by atoms with Crippen LogP contribution in [-0.4, -0.2) is 27.5 Å². The molecular weight excluding hydrogens is 236 g/mol. The molecule has 0 aliphatic rings. The summed E-state index contributed by atoms with van der Waals surface area (Å²) in [5.41, 5.74) is 6.36. The highest BCUT2D eigenvalue weighted by molar-refractivity contribution is 7.99. The quantitative estimate of drug-likeness (QED) is 0.481. The first-order valence-electron chi connectivity index (χ1n) is 5.24. The molecule has 0 unspecified atom stereocenters. The van der Waals surface area contributed by atoms with Crippen LogP contribution in [0.4, 0.5) is 5.69 Å². The van der Waals surface area contributed by atoms with Crippen molar-refractivity contribution in [3.8, 4) is 5.75 Å². The van der Waals surface area contributed by atoms with Gasteiger partial charge in [0.15, 0.2) is 0 Å². The molecule has 17 heavy (non-hydrogen) atoms. The van der Waals surface area contributed by atoms with Crippen molar-refractivity contribution in [3.05, 3.63) is 30.1 Å². The smallest absolute Gasteiger partial charge is 0.208 e. The molecule has 6 heteroatoms. The number of anilines is 1. The van der Waals surface area contributed by atoms with Gasteiger partial charge in [0, 0.05) is 17.5 Å². The number of rotatable bonds is 5. The zero-order chi connectivity index (χ0) is 12.1. The topological polar surface area (TPSA) is 76.8 Å². The molecule has 0 aliphatic heterocycles. The molecule has 0 fully saturated rings. The Morgan fingerprint density at radius 3 is 3.06 bits per heavy atom. The summed E-state index contributed by atoms with van der Waals surface area (Å²) in [5.74, 6) is 2.41. The number of nitrogen functional groups attached to an aromatic ring is 1. The Bertz CT molecular complexity index is 486. The van der Waals surface area contributed by atoms with Gasteiger partial charge in [0.1, 0.15) is 11.6 Å². The number of hydrogen-bond acceptors (Lipinski definition) is 5. The third-order valence-electron chi connectivity index (χ3n) is 2.02. The van der Waals surface area contributed by atoms with E-state index >= 15 is 0 Å². The van der Waals surface area contributed by atoms with Crippen LogP contribution in [0.3, 0.4) is 0 Å². The highest BCUT2D eigenvalue weighted by atomic mass is 32.2. The molecule has 5 nitrogen and oxygen atoms in total. The number of benzene rings is 1.